The fraction of sp³-hybridized carbons (Fsp3) is 0.136. The van der Waals surface area contributed by atoms with Gasteiger partial charge in [0, 0.05) is 5.56 Å². The van der Waals surface area contributed by atoms with E-state index in [1.54, 1.807) is 38.5 Å². The van der Waals surface area contributed by atoms with Crippen molar-refractivity contribution in [3.8, 4) is 17.2 Å². The van der Waals surface area contributed by atoms with Crippen LogP contribution in [0.1, 0.15) is 15.9 Å². The summed E-state index contributed by atoms with van der Waals surface area (Å²) in [6.07, 6.45) is 0. The molecule has 3 aromatic rings. The van der Waals surface area contributed by atoms with E-state index in [1.165, 1.54) is 0 Å². The zero-order chi connectivity index (χ0) is 19.9. The number of hydrogen-bond acceptors (Lipinski definition) is 4. The fourth-order valence-electron chi connectivity index (χ4n) is 2.66. The van der Waals surface area contributed by atoms with Gasteiger partial charge in [-0.15, -0.1) is 0 Å². The monoisotopic (exact) mass is 489 g/mol. The van der Waals surface area contributed by atoms with Crippen LogP contribution >= 0.6 is 22.6 Å². The molecule has 0 atom stereocenters. The van der Waals surface area contributed by atoms with Crippen LogP contribution in [-0.4, -0.2) is 20.1 Å². The van der Waals surface area contributed by atoms with Crippen LogP contribution in [0.5, 0.6) is 17.2 Å². The first kappa shape index (κ1) is 20.0. The molecule has 28 heavy (non-hydrogen) atoms. The highest BCUT2D eigenvalue weighted by molar-refractivity contribution is 14.1. The number of methoxy groups -OCH3 is 2. The molecule has 5 nitrogen and oxygen atoms in total. The number of amides is 1. The highest BCUT2D eigenvalue weighted by atomic mass is 127. The maximum absolute atomic E-state index is 12.7. The van der Waals surface area contributed by atoms with E-state index in [9.17, 15) is 4.79 Å². The van der Waals surface area contributed by atoms with Crippen LogP contribution in [0.3, 0.4) is 0 Å². The van der Waals surface area contributed by atoms with Crippen LogP contribution < -0.4 is 19.5 Å². The normalized spacial score (nSPS) is 10.2. The molecule has 1 amide bonds. The second-order valence-corrected chi connectivity index (χ2v) is 7.08. The minimum Gasteiger partial charge on any atom is -0.495 e. The molecule has 0 radical (unpaired) electrons. The lowest BCUT2D eigenvalue weighted by atomic mass is 10.1. The minimum atomic E-state index is -0.254. The smallest absolute Gasteiger partial charge is 0.255 e. The first-order valence-corrected chi connectivity index (χ1v) is 9.69. The Kier molecular flexibility index (Phi) is 6.76. The van der Waals surface area contributed by atoms with E-state index < -0.39 is 0 Å². The Morgan fingerprint density at radius 3 is 2.32 bits per heavy atom. The van der Waals surface area contributed by atoms with E-state index in [0.29, 0.717) is 35.1 Å². The molecule has 0 bridgehead atoms. The Morgan fingerprint density at radius 2 is 1.61 bits per heavy atom. The van der Waals surface area contributed by atoms with E-state index in [0.717, 1.165) is 9.13 Å². The van der Waals surface area contributed by atoms with Gasteiger partial charge < -0.3 is 19.5 Å². The number of benzene rings is 3. The summed E-state index contributed by atoms with van der Waals surface area (Å²) in [5, 5.41) is 2.87. The third-order valence-corrected chi connectivity index (χ3v) is 4.87. The van der Waals surface area contributed by atoms with Crippen LogP contribution in [0.25, 0.3) is 0 Å². The number of carbonyl (C=O) groups excluding carboxylic acids is 1. The van der Waals surface area contributed by atoms with Crippen molar-refractivity contribution >= 4 is 34.2 Å². The Labute approximate surface area is 177 Å². The summed E-state index contributed by atoms with van der Waals surface area (Å²) in [5.41, 5.74) is 2.13. The van der Waals surface area contributed by atoms with Gasteiger partial charge in [-0.3, -0.25) is 4.79 Å². The minimum absolute atomic E-state index is 0.254. The van der Waals surface area contributed by atoms with Crippen molar-refractivity contribution in [3.63, 3.8) is 0 Å². The summed E-state index contributed by atoms with van der Waals surface area (Å²) >= 11 is 2.15. The summed E-state index contributed by atoms with van der Waals surface area (Å²) in [6, 6.07) is 20.6. The highest BCUT2D eigenvalue weighted by Gasteiger charge is 2.17. The van der Waals surface area contributed by atoms with Crippen molar-refractivity contribution in [2.75, 3.05) is 19.5 Å². The van der Waals surface area contributed by atoms with Gasteiger partial charge >= 0.3 is 0 Å². The van der Waals surface area contributed by atoms with E-state index in [-0.39, 0.29) is 5.91 Å². The number of anilines is 1. The van der Waals surface area contributed by atoms with Crippen molar-refractivity contribution < 1.29 is 19.0 Å². The second-order valence-electron chi connectivity index (χ2n) is 5.92. The van der Waals surface area contributed by atoms with Gasteiger partial charge in [-0.25, -0.2) is 0 Å². The lowest BCUT2D eigenvalue weighted by Gasteiger charge is -2.15. The SMILES string of the molecule is COc1ccccc1NC(=O)c1cc(I)c(OCc2ccccc2)c(OC)c1. The summed E-state index contributed by atoms with van der Waals surface area (Å²) in [4.78, 5) is 12.7. The van der Waals surface area contributed by atoms with Gasteiger partial charge in [-0.05, 0) is 52.4 Å². The van der Waals surface area contributed by atoms with E-state index >= 15 is 0 Å². The Hall–Kier alpha value is -2.74. The average Bonchev–Trinajstić information content (AvgIpc) is 2.73. The number of ether oxygens (including phenoxy) is 3. The molecule has 0 fully saturated rings. The Bertz CT molecular complexity index is 960. The molecule has 0 heterocycles. The number of para-hydroxylation sites is 2. The number of halogens is 1. The fourth-order valence-corrected chi connectivity index (χ4v) is 3.42. The van der Waals surface area contributed by atoms with Crippen LogP contribution in [0.2, 0.25) is 0 Å². The van der Waals surface area contributed by atoms with Crippen molar-refractivity contribution in [3.05, 3.63) is 81.4 Å². The van der Waals surface area contributed by atoms with Crippen LogP contribution in [0.4, 0.5) is 5.69 Å². The Balaban J connectivity index is 1.81. The standard InChI is InChI=1S/C22H20INO4/c1-26-19-11-7-6-10-18(19)24-22(25)16-12-17(23)21(20(13-16)27-2)28-14-15-8-4-3-5-9-15/h3-13H,14H2,1-2H3,(H,24,25). The molecular weight excluding hydrogens is 469 g/mol. The summed E-state index contributed by atoms with van der Waals surface area (Å²) in [7, 11) is 3.12. The second kappa shape index (κ2) is 9.45. The maximum Gasteiger partial charge on any atom is 0.255 e. The molecule has 0 aromatic heterocycles. The molecule has 3 rings (SSSR count). The molecular formula is C22H20INO4. The lowest BCUT2D eigenvalue weighted by molar-refractivity contribution is 0.102. The molecule has 0 spiro atoms. The average molecular weight is 489 g/mol. The molecule has 0 unspecified atom stereocenters. The maximum atomic E-state index is 12.7. The summed E-state index contributed by atoms with van der Waals surface area (Å²) in [5.74, 6) is 1.46. The summed E-state index contributed by atoms with van der Waals surface area (Å²) in [6.45, 7) is 0.417. The molecule has 0 aliphatic rings. The Morgan fingerprint density at radius 1 is 0.929 bits per heavy atom. The zero-order valence-electron chi connectivity index (χ0n) is 15.6. The van der Waals surface area contributed by atoms with Crippen molar-refractivity contribution in [2.45, 2.75) is 6.61 Å². The first-order valence-electron chi connectivity index (χ1n) is 8.61. The third kappa shape index (κ3) is 4.75. The molecule has 0 saturated heterocycles. The number of hydrogen-bond donors (Lipinski definition) is 1. The topological polar surface area (TPSA) is 56.8 Å². The van der Waals surface area contributed by atoms with E-state index in [2.05, 4.69) is 27.9 Å². The third-order valence-electron chi connectivity index (χ3n) is 4.07. The van der Waals surface area contributed by atoms with Crippen LogP contribution in [0, 0.1) is 3.57 Å². The highest BCUT2D eigenvalue weighted by Crippen LogP contribution is 2.35. The van der Waals surface area contributed by atoms with Gasteiger partial charge in [0.2, 0.25) is 0 Å². The van der Waals surface area contributed by atoms with Crippen LogP contribution in [0.15, 0.2) is 66.7 Å². The number of carbonyl (C=O) groups is 1. The molecule has 144 valence electrons. The van der Waals surface area contributed by atoms with Gasteiger partial charge in [-0.2, -0.15) is 0 Å². The summed E-state index contributed by atoms with van der Waals surface area (Å²) < 4.78 is 17.5. The van der Waals surface area contributed by atoms with Gasteiger partial charge in [0.05, 0.1) is 23.5 Å². The van der Waals surface area contributed by atoms with E-state index in [1.807, 2.05) is 42.5 Å². The largest absolute Gasteiger partial charge is 0.495 e. The van der Waals surface area contributed by atoms with Gasteiger partial charge in [0.1, 0.15) is 12.4 Å². The molecule has 1 N–H and O–H groups in total. The molecule has 0 aliphatic carbocycles. The van der Waals surface area contributed by atoms with Crippen LogP contribution in [-0.2, 0) is 6.61 Å². The predicted molar refractivity (Wildman–Crippen MR) is 117 cm³/mol. The number of rotatable bonds is 7. The molecule has 0 saturated carbocycles. The van der Waals surface area contributed by atoms with Crippen molar-refractivity contribution in [1.82, 2.24) is 0 Å². The molecule has 6 heteroatoms. The van der Waals surface area contributed by atoms with E-state index in [4.69, 9.17) is 14.2 Å². The van der Waals surface area contributed by atoms with Crippen molar-refractivity contribution in [2.24, 2.45) is 0 Å². The quantitative estimate of drug-likeness (QED) is 0.467. The predicted octanol–water partition coefficient (Wildman–Crippen LogP) is 5.14. The molecule has 3 aromatic carbocycles. The lowest BCUT2D eigenvalue weighted by Crippen LogP contribution is -2.13. The first-order chi connectivity index (χ1) is 13.6. The van der Waals surface area contributed by atoms with Crippen molar-refractivity contribution in [1.29, 1.82) is 0 Å². The molecule has 0 aliphatic heterocycles. The zero-order valence-corrected chi connectivity index (χ0v) is 17.7. The van der Waals surface area contributed by atoms with Gasteiger partial charge in [0.25, 0.3) is 5.91 Å². The number of nitrogens with one attached hydrogen (secondary N) is 1. The van der Waals surface area contributed by atoms with Gasteiger partial charge in [-0.1, -0.05) is 42.5 Å². The van der Waals surface area contributed by atoms with Gasteiger partial charge in [0.15, 0.2) is 11.5 Å².